The number of ether oxygens (including phenoxy) is 5. The summed E-state index contributed by atoms with van der Waals surface area (Å²) in [7, 11) is 4.49. The quantitative estimate of drug-likeness (QED) is 0.147. The minimum absolute atomic E-state index is 0.0857. The van der Waals surface area contributed by atoms with E-state index in [4.69, 9.17) is 46.9 Å². The molecule has 7 rings (SSSR count). The van der Waals surface area contributed by atoms with Crippen molar-refractivity contribution in [1.82, 2.24) is 9.88 Å². The summed E-state index contributed by atoms with van der Waals surface area (Å²) in [5.74, 6) is 0.756. The molecule has 11 nitrogen and oxygen atoms in total. The number of fused-ring (bicyclic) bond motifs is 3. The molecule has 0 spiro atoms. The van der Waals surface area contributed by atoms with Crippen LogP contribution in [0.1, 0.15) is 46.0 Å². The summed E-state index contributed by atoms with van der Waals surface area (Å²) >= 11 is 12.9. The lowest BCUT2D eigenvalue weighted by molar-refractivity contribution is -0.0311. The number of esters is 1. The normalized spacial score (nSPS) is 18.4. The van der Waals surface area contributed by atoms with Crippen molar-refractivity contribution in [2.45, 2.75) is 38.0 Å². The molecule has 4 aromatic rings. The van der Waals surface area contributed by atoms with Crippen LogP contribution in [0.2, 0.25) is 10.0 Å². The number of amides is 1. The highest BCUT2D eigenvalue weighted by molar-refractivity contribution is 6.35. The Hall–Kier alpha value is -4.71. The summed E-state index contributed by atoms with van der Waals surface area (Å²) in [5.41, 5.74) is 2.56. The third kappa shape index (κ3) is 8.11. The molecular formula is C38H39Cl2N3O8. The van der Waals surface area contributed by atoms with Crippen molar-refractivity contribution in [3.8, 4) is 23.0 Å². The van der Waals surface area contributed by atoms with Crippen molar-refractivity contribution in [2.24, 2.45) is 5.92 Å². The molecule has 0 radical (unpaired) electrons. The predicted octanol–water partition coefficient (Wildman–Crippen LogP) is 7.50. The number of phenols is 1. The number of benzene rings is 3. The van der Waals surface area contributed by atoms with Crippen molar-refractivity contribution < 1.29 is 38.4 Å². The Bertz CT molecular complexity index is 1850. The molecule has 51 heavy (non-hydrogen) atoms. The fourth-order valence-corrected chi connectivity index (χ4v) is 7.16. The molecule has 3 aliphatic rings. The molecule has 1 amide bonds. The number of anilines is 1. The zero-order chi connectivity index (χ0) is 36.1. The number of pyridine rings is 1. The molecule has 3 saturated heterocycles. The fraction of sp³-hybridized carbons (Fsp3) is 0.342. The first kappa shape index (κ1) is 36.1. The van der Waals surface area contributed by atoms with Crippen LogP contribution in [0.4, 0.5) is 10.5 Å². The number of carbonyl (C=O) groups excluding carboxylic acids is 2. The fourth-order valence-electron chi connectivity index (χ4n) is 6.65. The van der Waals surface area contributed by atoms with Gasteiger partial charge in [-0.05, 0) is 84.9 Å². The van der Waals surface area contributed by atoms with E-state index in [9.17, 15) is 14.7 Å². The number of aromatic nitrogens is 1. The molecule has 1 aromatic heterocycles. The molecule has 2 bridgehead atoms. The minimum Gasteiger partial charge on any atom is -0.504 e. The van der Waals surface area contributed by atoms with Crippen molar-refractivity contribution in [3.05, 3.63) is 105 Å². The lowest BCUT2D eigenvalue weighted by Gasteiger charge is -2.44. The molecule has 0 unspecified atom stereocenters. The largest absolute Gasteiger partial charge is 0.504 e. The molecule has 13 heteroatoms. The maximum Gasteiger partial charge on any atom is 0.415 e. The van der Waals surface area contributed by atoms with Gasteiger partial charge in [-0.1, -0.05) is 47.5 Å². The highest BCUT2D eigenvalue weighted by Crippen LogP contribution is 2.39. The highest BCUT2D eigenvalue weighted by Gasteiger charge is 2.38. The van der Waals surface area contributed by atoms with Gasteiger partial charge >= 0.3 is 12.1 Å². The van der Waals surface area contributed by atoms with Crippen LogP contribution in [-0.4, -0.2) is 74.1 Å². The van der Waals surface area contributed by atoms with Gasteiger partial charge in [0.2, 0.25) is 0 Å². The molecule has 3 aliphatic heterocycles. The summed E-state index contributed by atoms with van der Waals surface area (Å²) in [5, 5.41) is 11.2. The van der Waals surface area contributed by atoms with Crippen molar-refractivity contribution in [2.75, 3.05) is 45.9 Å². The Morgan fingerprint density at radius 3 is 2.27 bits per heavy atom. The highest BCUT2D eigenvalue weighted by atomic mass is 35.5. The first-order chi connectivity index (χ1) is 24.7. The second kappa shape index (κ2) is 16.1. The number of methoxy groups -OCH3 is 3. The molecule has 4 heterocycles. The van der Waals surface area contributed by atoms with Gasteiger partial charge in [-0.15, -0.1) is 0 Å². The van der Waals surface area contributed by atoms with Crippen LogP contribution in [0.15, 0.2) is 73.1 Å². The second-order valence-electron chi connectivity index (χ2n) is 12.5. The van der Waals surface area contributed by atoms with Crippen molar-refractivity contribution in [1.29, 1.82) is 0 Å². The smallest absolute Gasteiger partial charge is 0.415 e. The second-order valence-corrected chi connectivity index (χ2v) is 13.3. The maximum absolute atomic E-state index is 13.8. The summed E-state index contributed by atoms with van der Waals surface area (Å²) in [6.45, 7) is 2.81. The van der Waals surface area contributed by atoms with E-state index >= 15 is 0 Å². The number of rotatable bonds is 12. The Labute approximate surface area is 306 Å². The Kier molecular flexibility index (Phi) is 11.4. The Morgan fingerprint density at radius 2 is 1.65 bits per heavy atom. The lowest BCUT2D eigenvalue weighted by Crippen LogP contribution is -2.53. The topological polar surface area (TPSA) is 120 Å². The van der Waals surface area contributed by atoms with Gasteiger partial charge in [-0.2, -0.15) is 0 Å². The van der Waals surface area contributed by atoms with Crippen molar-refractivity contribution >= 4 is 41.0 Å². The van der Waals surface area contributed by atoms with Crippen LogP contribution in [0.5, 0.6) is 23.0 Å². The van der Waals surface area contributed by atoms with E-state index in [0.29, 0.717) is 56.4 Å². The maximum atomic E-state index is 13.8. The van der Waals surface area contributed by atoms with Gasteiger partial charge in [-0.3, -0.25) is 14.8 Å². The van der Waals surface area contributed by atoms with Crippen molar-refractivity contribution in [3.63, 3.8) is 0 Å². The molecule has 0 aliphatic carbocycles. The van der Waals surface area contributed by atoms with Gasteiger partial charge in [0.1, 0.15) is 12.2 Å². The number of aromatic hydroxyl groups is 1. The van der Waals surface area contributed by atoms with Gasteiger partial charge in [-0.25, -0.2) is 9.59 Å². The zero-order valence-electron chi connectivity index (χ0n) is 28.5. The first-order valence-electron chi connectivity index (χ1n) is 16.5. The van der Waals surface area contributed by atoms with Crippen LogP contribution in [0.3, 0.4) is 0 Å². The van der Waals surface area contributed by atoms with Crippen LogP contribution in [-0.2, 0) is 22.4 Å². The van der Waals surface area contributed by atoms with E-state index in [-0.39, 0.29) is 36.1 Å². The molecule has 1 N–H and O–H groups in total. The standard InChI is InChI=1S/C38H39Cl2N3O8/c1-47-32-12-11-26(17-34(32)48-2)33(18-27-28(39)19-41-20-29(27)40)50-37(45)25-9-7-23(8-10-25)21-43(30-5-4-6-31(44)36(30)49-3)38(46)51-35-22-42-15-13-24(35)14-16-42/h4-12,17,19-20,24,33,35,44H,13-16,18,21-22H2,1-3H3/t33-,35-/m0/s1. The monoisotopic (exact) mass is 735 g/mol. The Balaban J connectivity index is 1.24. The number of halogens is 2. The average Bonchev–Trinajstić information content (AvgIpc) is 3.15. The zero-order valence-corrected chi connectivity index (χ0v) is 30.0. The van der Waals surface area contributed by atoms with E-state index in [0.717, 1.165) is 25.9 Å². The third-order valence-electron chi connectivity index (χ3n) is 9.44. The van der Waals surface area contributed by atoms with Gasteiger partial charge in [0.05, 0.1) is 49.2 Å². The van der Waals surface area contributed by atoms with Gasteiger partial charge in [0.25, 0.3) is 0 Å². The van der Waals surface area contributed by atoms with Gasteiger partial charge < -0.3 is 28.8 Å². The molecule has 3 fully saturated rings. The van der Waals surface area contributed by atoms with Crippen LogP contribution < -0.4 is 19.1 Å². The average molecular weight is 737 g/mol. The number of nitrogens with zero attached hydrogens (tertiary/aromatic N) is 3. The predicted molar refractivity (Wildman–Crippen MR) is 192 cm³/mol. The molecule has 3 aromatic carbocycles. The SMILES string of the molecule is COc1ccc([C@H](Cc2c(Cl)cncc2Cl)OC(=O)c2ccc(CN(C(=O)O[C@H]3CN4CCC3CC4)c3cccc(O)c3OC)cc2)cc1OC. The van der Waals surface area contributed by atoms with E-state index in [1.807, 2.05) is 0 Å². The summed E-state index contributed by atoms with van der Waals surface area (Å²) in [4.78, 5) is 35.3. The van der Waals surface area contributed by atoms with E-state index < -0.39 is 18.2 Å². The number of carbonyl (C=O) groups is 2. The van der Waals surface area contributed by atoms with Gasteiger partial charge in [0.15, 0.2) is 23.0 Å². The summed E-state index contributed by atoms with van der Waals surface area (Å²) in [6, 6.07) is 16.8. The number of hydrogen-bond acceptors (Lipinski definition) is 10. The number of para-hydroxylation sites is 1. The molecule has 0 saturated carbocycles. The van der Waals surface area contributed by atoms with E-state index in [1.54, 1.807) is 54.6 Å². The number of phenolic OH excluding ortho intramolecular Hbond substituents is 1. The summed E-state index contributed by atoms with van der Waals surface area (Å²) in [6.07, 6.45) is 3.54. The van der Waals surface area contributed by atoms with Crippen LogP contribution in [0, 0.1) is 5.92 Å². The Morgan fingerprint density at radius 1 is 0.941 bits per heavy atom. The van der Waals surface area contributed by atoms with Crippen LogP contribution >= 0.6 is 23.2 Å². The molecule has 2 atom stereocenters. The minimum atomic E-state index is -0.802. The van der Waals surface area contributed by atoms with Gasteiger partial charge in [0, 0.05) is 25.4 Å². The number of hydrogen-bond donors (Lipinski definition) is 1. The molecule has 268 valence electrons. The third-order valence-corrected chi connectivity index (χ3v) is 10.1. The molecular weight excluding hydrogens is 697 g/mol. The van der Waals surface area contributed by atoms with E-state index in [2.05, 4.69) is 9.88 Å². The number of piperidine rings is 3. The first-order valence-corrected chi connectivity index (χ1v) is 17.3. The lowest BCUT2D eigenvalue weighted by atomic mass is 9.86. The van der Waals surface area contributed by atoms with E-state index in [1.165, 1.54) is 44.7 Å². The summed E-state index contributed by atoms with van der Waals surface area (Å²) < 4.78 is 28.6. The van der Waals surface area contributed by atoms with Crippen LogP contribution in [0.25, 0.3) is 0 Å².